The molecule has 3 rings (SSSR count). The van der Waals surface area contributed by atoms with Crippen LogP contribution in [0.2, 0.25) is 0 Å². The maximum absolute atomic E-state index is 5.16. The van der Waals surface area contributed by atoms with Crippen molar-refractivity contribution in [3.8, 4) is 0 Å². The fourth-order valence-corrected chi connectivity index (χ4v) is 2.40. The van der Waals surface area contributed by atoms with Gasteiger partial charge in [-0.15, -0.1) is 0 Å². The zero-order chi connectivity index (χ0) is 14.3. The molecule has 3 aromatic rings. The lowest BCUT2D eigenvalue weighted by Crippen LogP contribution is -2.22. The number of hydrogen-bond donors (Lipinski definition) is 1. The Balaban J connectivity index is 1.74. The second-order valence-corrected chi connectivity index (χ2v) is 5.01. The molecule has 0 aliphatic heterocycles. The third-order valence-electron chi connectivity index (χ3n) is 3.50. The average Bonchev–Trinajstić information content (AvgIpc) is 3.07. The first-order valence-electron chi connectivity index (χ1n) is 7.13. The van der Waals surface area contributed by atoms with Crippen LogP contribution >= 0.6 is 0 Å². The fraction of sp³-hybridized carbons (Fsp3) is 0.167. The van der Waals surface area contributed by atoms with E-state index >= 15 is 0 Å². The second-order valence-electron chi connectivity index (χ2n) is 5.01. The predicted molar refractivity (Wildman–Crippen MR) is 82.7 cm³/mol. The summed E-state index contributed by atoms with van der Waals surface area (Å²) in [6.07, 6.45) is 2.62. The van der Waals surface area contributed by atoms with E-state index in [0.717, 1.165) is 12.2 Å². The Labute approximate surface area is 124 Å². The molecule has 1 N–H and O–H groups in total. The van der Waals surface area contributed by atoms with Crippen molar-refractivity contribution in [2.75, 3.05) is 0 Å². The van der Waals surface area contributed by atoms with E-state index in [2.05, 4.69) is 59.0 Å². The first-order chi connectivity index (χ1) is 10.4. The van der Waals surface area contributed by atoms with E-state index in [1.807, 2.05) is 18.2 Å². The Morgan fingerprint density at radius 1 is 0.905 bits per heavy atom. The van der Waals surface area contributed by atoms with Gasteiger partial charge in [0, 0.05) is 12.1 Å². The smallest absolute Gasteiger partial charge is 0.150 e. The van der Waals surface area contributed by atoms with Gasteiger partial charge in [0.2, 0.25) is 0 Å². The summed E-state index contributed by atoms with van der Waals surface area (Å²) in [4.78, 5) is 0. The monoisotopic (exact) mass is 278 g/mol. The normalized spacial score (nSPS) is 12.2. The molecule has 3 heteroatoms. The van der Waals surface area contributed by atoms with Crippen LogP contribution in [0.15, 0.2) is 77.4 Å². The van der Waals surface area contributed by atoms with Crippen LogP contribution in [0.3, 0.4) is 0 Å². The zero-order valence-electron chi connectivity index (χ0n) is 11.8. The standard InChI is InChI=1S/C18H18N2O/c1-3-7-15(8-4-1)13-18(16-9-5-2-6-10-16)19-14-17-11-12-20-21-17/h1-12,18-19H,13-14H2. The van der Waals surface area contributed by atoms with E-state index in [-0.39, 0.29) is 6.04 Å². The molecule has 1 heterocycles. The Kier molecular flexibility index (Phi) is 4.44. The van der Waals surface area contributed by atoms with E-state index in [4.69, 9.17) is 4.52 Å². The summed E-state index contributed by atoms with van der Waals surface area (Å²) < 4.78 is 5.16. The minimum Gasteiger partial charge on any atom is -0.360 e. The predicted octanol–water partition coefficient (Wildman–Crippen LogP) is 3.75. The van der Waals surface area contributed by atoms with Crippen molar-refractivity contribution < 1.29 is 4.52 Å². The lowest BCUT2D eigenvalue weighted by molar-refractivity contribution is 0.362. The number of nitrogens with one attached hydrogen (secondary N) is 1. The molecule has 1 aromatic heterocycles. The van der Waals surface area contributed by atoms with Gasteiger partial charge in [0.15, 0.2) is 0 Å². The van der Waals surface area contributed by atoms with Crippen LogP contribution in [-0.4, -0.2) is 5.16 Å². The van der Waals surface area contributed by atoms with Crippen molar-refractivity contribution in [2.45, 2.75) is 19.0 Å². The van der Waals surface area contributed by atoms with Crippen LogP contribution in [-0.2, 0) is 13.0 Å². The van der Waals surface area contributed by atoms with Crippen molar-refractivity contribution in [3.05, 3.63) is 89.8 Å². The summed E-state index contributed by atoms with van der Waals surface area (Å²) in [5.74, 6) is 0.851. The SMILES string of the molecule is c1ccc(CC(NCc2ccno2)c2ccccc2)cc1. The van der Waals surface area contributed by atoms with Crippen LogP contribution < -0.4 is 5.32 Å². The lowest BCUT2D eigenvalue weighted by atomic mass is 9.99. The molecule has 0 saturated heterocycles. The van der Waals surface area contributed by atoms with Crippen molar-refractivity contribution in [2.24, 2.45) is 0 Å². The van der Waals surface area contributed by atoms with Crippen molar-refractivity contribution in [1.82, 2.24) is 10.5 Å². The highest BCUT2D eigenvalue weighted by Gasteiger charge is 2.12. The quantitative estimate of drug-likeness (QED) is 0.746. The molecule has 0 radical (unpaired) electrons. The summed E-state index contributed by atoms with van der Waals surface area (Å²) in [5.41, 5.74) is 2.59. The first kappa shape index (κ1) is 13.6. The molecule has 0 fully saturated rings. The fourth-order valence-electron chi connectivity index (χ4n) is 2.40. The molecule has 0 bridgehead atoms. The van der Waals surface area contributed by atoms with Crippen molar-refractivity contribution in [3.63, 3.8) is 0 Å². The largest absolute Gasteiger partial charge is 0.360 e. The van der Waals surface area contributed by atoms with Gasteiger partial charge >= 0.3 is 0 Å². The van der Waals surface area contributed by atoms with Gasteiger partial charge in [-0.25, -0.2) is 0 Å². The number of nitrogens with zero attached hydrogens (tertiary/aromatic N) is 1. The maximum atomic E-state index is 5.16. The lowest BCUT2D eigenvalue weighted by Gasteiger charge is -2.18. The zero-order valence-corrected chi connectivity index (χ0v) is 11.8. The molecule has 1 unspecified atom stereocenters. The van der Waals surface area contributed by atoms with Gasteiger partial charge in [-0.1, -0.05) is 65.8 Å². The number of aromatic nitrogens is 1. The van der Waals surface area contributed by atoms with E-state index in [1.165, 1.54) is 11.1 Å². The topological polar surface area (TPSA) is 38.1 Å². The van der Waals surface area contributed by atoms with Gasteiger partial charge in [0.1, 0.15) is 5.76 Å². The summed E-state index contributed by atoms with van der Waals surface area (Å²) in [7, 11) is 0. The molecule has 0 spiro atoms. The molecular weight excluding hydrogens is 260 g/mol. The molecule has 0 aliphatic rings. The molecule has 0 amide bonds. The van der Waals surface area contributed by atoms with Crippen LogP contribution in [0, 0.1) is 0 Å². The van der Waals surface area contributed by atoms with Gasteiger partial charge in [0.25, 0.3) is 0 Å². The molecule has 0 saturated carbocycles. The molecular formula is C18H18N2O. The highest BCUT2D eigenvalue weighted by Crippen LogP contribution is 2.19. The Morgan fingerprint density at radius 3 is 2.29 bits per heavy atom. The van der Waals surface area contributed by atoms with Gasteiger partial charge < -0.3 is 9.84 Å². The van der Waals surface area contributed by atoms with Gasteiger partial charge in [-0.05, 0) is 17.5 Å². The third kappa shape index (κ3) is 3.80. The molecule has 1 atom stereocenters. The molecule has 0 aliphatic carbocycles. The van der Waals surface area contributed by atoms with Gasteiger partial charge in [-0.2, -0.15) is 0 Å². The maximum Gasteiger partial charge on any atom is 0.150 e. The van der Waals surface area contributed by atoms with E-state index in [0.29, 0.717) is 6.54 Å². The molecule has 2 aromatic carbocycles. The highest BCUT2D eigenvalue weighted by atomic mass is 16.5. The van der Waals surface area contributed by atoms with Crippen LogP contribution in [0.25, 0.3) is 0 Å². The van der Waals surface area contributed by atoms with E-state index in [9.17, 15) is 0 Å². The van der Waals surface area contributed by atoms with Gasteiger partial charge in [-0.3, -0.25) is 0 Å². The summed E-state index contributed by atoms with van der Waals surface area (Å²) in [6.45, 7) is 0.673. The molecule has 21 heavy (non-hydrogen) atoms. The summed E-state index contributed by atoms with van der Waals surface area (Å²) in [5, 5.41) is 7.30. The van der Waals surface area contributed by atoms with E-state index in [1.54, 1.807) is 6.20 Å². The second kappa shape index (κ2) is 6.86. The minimum absolute atomic E-state index is 0.249. The minimum atomic E-state index is 0.249. The van der Waals surface area contributed by atoms with Crippen LogP contribution in [0.4, 0.5) is 0 Å². The molecule has 106 valence electrons. The number of hydrogen-bond acceptors (Lipinski definition) is 3. The first-order valence-corrected chi connectivity index (χ1v) is 7.13. The summed E-state index contributed by atoms with van der Waals surface area (Å²) in [6, 6.07) is 23.1. The van der Waals surface area contributed by atoms with Crippen LogP contribution in [0.1, 0.15) is 22.9 Å². The van der Waals surface area contributed by atoms with Crippen molar-refractivity contribution >= 4 is 0 Å². The Bertz CT molecular complexity index is 636. The highest BCUT2D eigenvalue weighted by molar-refractivity contribution is 5.23. The Morgan fingerprint density at radius 2 is 1.62 bits per heavy atom. The molecule has 3 nitrogen and oxygen atoms in total. The van der Waals surface area contributed by atoms with Crippen molar-refractivity contribution in [1.29, 1.82) is 0 Å². The Hall–Kier alpha value is -2.39. The third-order valence-corrected chi connectivity index (χ3v) is 3.50. The van der Waals surface area contributed by atoms with Gasteiger partial charge in [0.05, 0.1) is 12.7 Å². The number of rotatable bonds is 6. The number of benzene rings is 2. The average molecular weight is 278 g/mol. The van der Waals surface area contributed by atoms with E-state index < -0.39 is 0 Å². The van der Waals surface area contributed by atoms with Crippen LogP contribution in [0.5, 0.6) is 0 Å². The summed E-state index contributed by atoms with van der Waals surface area (Å²) >= 11 is 0.